The highest BCUT2D eigenvalue weighted by atomic mass is 16.5. The molecule has 1 saturated carbocycles. The van der Waals surface area contributed by atoms with Crippen molar-refractivity contribution < 1.29 is 9.47 Å². The summed E-state index contributed by atoms with van der Waals surface area (Å²) in [6, 6.07) is 5.91. The topological polar surface area (TPSA) is 21.7 Å². The highest BCUT2D eigenvalue weighted by molar-refractivity contribution is 5.67. The minimum Gasteiger partial charge on any atom is -0.494 e. The van der Waals surface area contributed by atoms with Gasteiger partial charge in [-0.15, -0.1) is 0 Å². The lowest BCUT2D eigenvalue weighted by Gasteiger charge is -2.20. The molecule has 2 rings (SSSR count). The summed E-state index contributed by atoms with van der Waals surface area (Å²) in [6.45, 7) is 0. The van der Waals surface area contributed by atoms with E-state index in [1.165, 1.54) is 12.8 Å². The third kappa shape index (κ3) is 2.17. The van der Waals surface area contributed by atoms with Crippen LogP contribution in [-0.2, 0) is 0 Å². The van der Waals surface area contributed by atoms with Crippen LogP contribution >= 0.6 is 0 Å². The minimum atomic E-state index is 0.413. The van der Waals surface area contributed by atoms with E-state index in [-0.39, 0.29) is 0 Å². The van der Waals surface area contributed by atoms with E-state index in [2.05, 4.69) is 0 Å². The Bertz CT molecular complexity index is 345. The van der Waals surface area contributed by atoms with Crippen molar-refractivity contribution in [1.29, 1.82) is 0 Å². The van der Waals surface area contributed by atoms with Crippen molar-refractivity contribution in [3.8, 4) is 11.5 Å². The first-order valence-electron chi connectivity index (χ1n) is 5.23. The first-order valence-corrected chi connectivity index (χ1v) is 5.23. The van der Waals surface area contributed by atoms with Crippen molar-refractivity contribution in [2.75, 3.05) is 26.1 Å². The van der Waals surface area contributed by atoms with Gasteiger partial charge < -0.3 is 14.4 Å². The van der Waals surface area contributed by atoms with E-state index in [9.17, 15) is 0 Å². The highest BCUT2D eigenvalue weighted by Crippen LogP contribution is 2.39. The largest absolute Gasteiger partial charge is 0.494 e. The molecule has 0 aliphatic heterocycles. The molecule has 0 N–H and O–H groups in total. The Morgan fingerprint density at radius 1 is 1.20 bits per heavy atom. The molecular formula is C12H17NO2. The lowest BCUT2D eigenvalue weighted by atomic mass is 10.2. The second-order valence-corrected chi connectivity index (χ2v) is 4.02. The van der Waals surface area contributed by atoms with Gasteiger partial charge in [-0.25, -0.2) is 0 Å². The maximum atomic E-state index is 5.84. The quantitative estimate of drug-likeness (QED) is 0.756. The maximum absolute atomic E-state index is 5.84. The van der Waals surface area contributed by atoms with Gasteiger partial charge in [-0.1, -0.05) is 6.07 Å². The smallest absolute Gasteiger partial charge is 0.146 e. The summed E-state index contributed by atoms with van der Waals surface area (Å²) in [4.78, 5) is 2.02. The SMILES string of the molecule is COc1cccc(OC2CC2)c1N(C)C. The van der Waals surface area contributed by atoms with Gasteiger partial charge >= 0.3 is 0 Å². The number of methoxy groups -OCH3 is 1. The van der Waals surface area contributed by atoms with Gasteiger partial charge in [0.25, 0.3) is 0 Å². The number of hydrogen-bond acceptors (Lipinski definition) is 3. The van der Waals surface area contributed by atoms with Gasteiger partial charge in [-0.05, 0) is 25.0 Å². The van der Waals surface area contributed by atoms with Crippen LogP contribution in [0.2, 0.25) is 0 Å². The van der Waals surface area contributed by atoms with Crippen molar-refractivity contribution in [2.45, 2.75) is 18.9 Å². The van der Waals surface area contributed by atoms with E-state index in [4.69, 9.17) is 9.47 Å². The van der Waals surface area contributed by atoms with Gasteiger partial charge in [0.05, 0.1) is 13.2 Å². The minimum absolute atomic E-state index is 0.413. The molecular weight excluding hydrogens is 190 g/mol. The second kappa shape index (κ2) is 4.01. The molecule has 0 spiro atoms. The van der Waals surface area contributed by atoms with Gasteiger partial charge in [0.15, 0.2) is 0 Å². The fourth-order valence-electron chi connectivity index (χ4n) is 1.57. The predicted octanol–water partition coefficient (Wildman–Crippen LogP) is 2.30. The third-order valence-corrected chi connectivity index (χ3v) is 2.45. The number of benzene rings is 1. The maximum Gasteiger partial charge on any atom is 0.146 e. The van der Waals surface area contributed by atoms with Crippen LogP contribution in [0.15, 0.2) is 18.2 Å². The molecule has 1 aromatic rings. The first kappa shape index (κ1) is 10.1. The Balaban J connectivity index is 2.32. The summed E-state index contributed by atoms with van der Waals surface area (Å²) in [6.07, 6.45) is 2.75. The van der Waals surface area contributed by atoms with Gasteiger partial charge in [0.1, 0.15) is 17.2 Å². The van der Waals surface area contributed by atoms with Crippen molar-refractivity contribution in [3.63, 3.8) is 0 Å². The van der Waals surface area contributed by atoms with Crippen molar-refractivity contribution >= 4 is 5.69 Å². The van der Waals surface area contributed by atoms with Gasteiger partial charge in [-0.3, -0.25) is 0 Å². The molecule has 1 aromatic carbocycles. The average Bonchev–Trinajstić information content (AvgIpc) is 3.01. The molecule has 15 heavy (non-hydrogen) atoms. The van der Waals surface area contributed by atoms with Gasteiger partial charge in [0, 0.05) is 14.1 Å². The van der Waals surface area contributed by atoms with E-state index < -0.39 is 0 Å². The summed E-state index contributed by atoms with van der Waals surface area (Å²) in [7, 11) is 5.68. The molecule has 0 saturated heterocycles. The molecule has 0 heterocycles. The van der Waals surface area contributed by atoms with Gasteiger partial charge in [0.2, 0.25) is 0 Å². The van der Waals surface area contributed by atoms with E-state index in [0.717, 1.165) is 17.2 Å². The Hall–Kier alpha value is -1.38. The van der Waals surface area contributed by atoms with Crippen LogP contribution in [0, 0.1) is 0 Å². The molecule has 1 aliphatic carbocycles. The Labute approximate surface area is 90.6 Å². The number of hydrogen-bond donors (Lipinski definition) is 0. The Morgan fingerprint density at radius 2 is 1.87 bits per heavy atom. The lowest BCUT2D eigenvalue weighted by Crippen LogP contribution is -2.12. The number of rotatable bonds is 4. The molecule has 0 amide bonds. The number of anilines is 1. The monoisotopic (exact) mass is 207 g/mol. The zero-order valence-electron chi connectivity index (χ0n) is 9.49. The van der Waals surface area contributed by atoms with Gasteiger partial charge in [-0.2, -0.15) is 0 Å². The molecule has 0 bridgehead atoms. The summed E-state index contributed by atoms with van der Waals surface area (Å²) in [5.74, 6) is 1.78. The van der Waals surface area contributed by atoms with Crippen LogP contribution in [0.3, 0.4) is 0 Å². The molecule has 82 valence electrons. The third-order valence-electron chi connectivity index (χ3n) is 2.45. The van der Waals surface area contributed by atoms with E-state index in [1.54, 1.807) is 7.11 Å². The molecule has 3 nitrogen and oxygen atoms in total. The summed E-state index contributed by atoms with van der Waals surface area (Å²) < 4.78 is 11.2. The standard InChI is InChI=1S/C12H17NO2/c1-13(2)12-10(14-3)5-4-6-11(12)15-9-7-8-9/h4-6,9H,7-8H2,1-3H3. The molecule has 0 aromatic heterocycles. The zero-order chi connectivity index (χ0) is 10.8. The van der Waals surface area contributed by atoms with Crippen LogP contribution in [-0.4, -0.2) is 27.3 Å². The first-order chi connectivity index (χ1) is 7.22. The lowest BCUT2D eigenvalue weighted by molar-refractivity contribution is 0.301. The van der Waals surface area contributed by atoms with Crippen LogP contribution in [0.5, 0.6) is 11.5 Å². The number of nitrogens with zero attached hydrogens (tertiary/aromatic N) is 1. The normalized spacial score (nSPS) is 14.9. The molecule has 0 atom stereocenters. The van der Waals surface area contributed by atoms with Crippen LogP contribution in [0.4, 0.5) is 5.69 Å². The molecule has 0 unspecified atom stereocenters. The molecule has 1 aliphatic rings. The summed E-state index contributed by atoms with van der Waals surface area (Å²) in [5.41, 5.74) is 1.02. The fourth-order valence-corrected chi connectivity index (χ4v) is 1.57. The molecule has 1 fully saturated rings. The fraction of sp³-hybridized carbons (Fsp3) is 0.500. The number of ether oxygens (including phenoxy) is 2. The summed E-state index contributed by atoms with van der Waals surface area (Å²) in [5, 5.41) is 0. The van der Waals surface area contributed by atoms with E-state index in [0.29, 0.717) is 6.10 Å². The Kier molecular flexibility index (Phi) is 2.71. The Morgan fingerprint density at radius 3 is 2.40 bits per heavy atom. The van der Waals surface area contributed by atoms with E-state index >= 15 is 0 Å². The van der Waals surface area contributed by atoms with Crippen LogP contribution < -0.4 is 14.4 Å². The highest BCUT2D eigenvalue weighted by Gasteiger charge is 2.25. The van der Waals surface area contributed by atoms with Crippen LogP contribution in [0.1, 0.15) is 12.8 Å². The van der Waals surface area contributed by atoms with Crippen molar-refractivity contribution in [2.24, 2.45) is 0 Å². The van der Waals surface area contributed by atoms with Crippen molar-refractivity contribution in [1.82, 2.24) is 0 Å². The average molecular weight is 207 g/mol. The van der Waals surface area contributed by atoms with E-state index in [1.807, 2.05) is 37.2 Å². The zero-order valence-corrected chi connectivity index (χ0v) is 9.49. The molecule has 0 radical (unpaired) electrons. The van der Waals surface area contributed by atoms with Crippen LogP contribution in [0.25, 0.3) is 0 Å². The number of para-hydroxylation sites is 1. The predicted molar refractivity (Wildman–Crippen MR) is 61.0 cm³/mol. The second-order valence-electron chi connectivity index (χ2n) is 4.02. The molecule has 3 heteroatoms. The van der Waals surface area contributed by atoms with Crippen molar-refractivity contribution in [3.05, 3.63) is 18.2 Å². The summed E-state index contributed by atoms with van der Waals surface area (Å²) >= 11 is 0.